The molecule has 0 spiro atoms. The third-order valence-electron chi connectivity index (χ3n) is 5.89. The van der Waals surface area contributed by atoms with E-state index in [-0.39, 0.29) is 24.2 Å². The van der Waals surface area contributed by atoms with Crippen molar-refractivity contribution in [3.05, 3.63) is 60.2 Å². The van der Waals surface area contributed by atoms with Crippen molar-refractivity contribution < 1.29 is 9.18 Å². The number of likely N-dealkylation sites (N-methyl/N-ethyl adjacent to an activating group) is 1. The van der Waals surface area contributed by atoms with Crippen molar-refractivity contribution in [2.45, 2.75) is 25.8 Å². The van der Waals surface area contributed by atoms with E-state index in [2.05, 4.69) is 28.8 Å². The van der Waals surface area contributed by atoms with Crippen LogP contribution in [-0.4, -0.2) is 47.0 Å². The highest BCUT2D eigenvalue weighted by atomic mass is 19.1. The number of aromatic amines is 1. The van der Waals surface area contributed by atoms with Crippen molar-refractivity contribution in [2.75, 3.05) is 25.0 Å². The zero-order chi connectivity index (χ0) is 19.7. The smallest absolute Gasteiger partial charge is 0.227 e. The van der Waals surface area contributed by atoms with Gasteiger partial charge in [-0.25, -0.2) is 9.37 Å². The first kappa shape index (κ1) is 18.5. The number of nitrogens with one attached hydrogen (secondary N) is 1. The van der Waals surface area contributed by atoms with Gasteiger partial charge in [0, 0.05) is 49.6 Å². The second-order valence-corrected chi connectivity index (χ2v) is 7.62. The lowest BCUT2D eigenvalue weighted by Gasteiger charge is -2.42. The number of halogens is 1. The van der Waals surface area contributed by atoms with Gasteiger partial charge in [0.25, 0.3) is 0 Å². The van der Waals surface area contributed by atoms with E-state index >= 15 is 0 Å². The van der Waals surface area contributed by atoms with Crippen LogP contribution in [0.3, 0.4) is 0 Å². The Morgan fingerprint density at radius 2 is 2.14 bits per heavy atom. The van der Waals surface area contributed by atoms with E-state index < -0.39 is 0 Å². The number of likely N-dealkylation sites (tertiary alicyclic amines) is 1. The number of H-pyrrole nitrogens is 1. The molecule has 3 heterocycles. The largest absolute Gasteiger partial charge is 0.369 e. The Morgan fingerprint density at radius 3 is 2.96 bits per heavy atom. The van der Waals surface area contributed by atoms with E-state index in [1.807, 2.05) is 23.2 Å². The van der Waals surface area contributed by atoms with E-state index in [0.29, 0.717) is 24.6 Å². The van der Waals surface area contributed by atoms with E-state index in [0.717, 1.165) is 23.1 Å². The quantitative estimate of drug-likeness (QED) is 0.752. The molecule has 1 amide bonds. The third kappa shape index (κ3) is 3.46. The molecular weight excluding hydrogens is 355 g/mol. The minimum absolute atomic E-state index is 0.0167. The lowest BCUT2D eigenvalue weighted by atomic mass is 9.91. The van der Waals surface area contributed by atoms with Gasteiger partial charge in [-0.1, -0.05) is 25.1 Å². The summed E-state index contributed by atoms with van der Waals surface area (Å²) in [7, 11) is 2.08. The number of hydrogen-bond donors (Lipinski definition) is 1. The van der Waals surface area contributed by atoms with E-state index in [1.165, 1.54) is 6.07 Å². The number of hydrogen-bond acceptors (Lipinski definition) is 3. The molecule has 1 aliphatic rings. The highest BCUT2D eigenvalue weighted by molar-refractivity contribution is 5.89. The second kappa shape index (κ2) is 7.62. The number of aromatic nitrogens is 2. The average Bonchev–Trinajstić information content (AvgIpc) is 3.18. The molecule has 2 atom stereocenters. The number of carbonyl (C=O) groups is 1. The maximum Gasteiger partial charge on any atom is 0.227 e. The molecule has 6 heteroatoms. The van der Waals surface area contributed by atoms with Crippen LogP contribution in [0.2, 0.25) is 0 Å². The fourth-order valence-corrected chi connectivity index (χ4v) is 4.13. The summed E-state index contributed by atoms with van der Waals surface area (Å²) in [6, 6.07) is 10.7. The van der Waals surface area contributed by atoms with Crippen LogP contribution >= 0.6 is 0 Å². The van der Waals surface area contributed by atoms with Gasteiger partial charge in [-0.3, -0.25) is 4.79 Å². The van der Waals surface area contributed by atoms with Crippen molar-refractivity contribution in [2.24, 2.45) is 5.92 Å². The van der Waals surface area contributed by atoms with Crippen molar-refractivity contribution in [1.29, 1.82) is 0 Å². The molecule has 5 nitrogen and oxygen atoms in total. The lowest BCUT2D eigenvalue weighted by molar-refractivity contribution is -0.132. The van der Waals surface area contributed by atoms with Gasteiger partial charge in [0.1, 0.15) is 11.5 Å². The zero-order valence-corrected chi connectivity index (χ0v) is 16.2. The SMILES string of the molecule is C[C@@H]1CCN(C(=O)Cc2ccccc2F)CC1N(C)c1ccnc2[nH]ccc12. The Kier molecular flexibility index (Phi) is 5.03. The maximum atomic E-state index is 13.9. The normalized spacial score (nSPS) is 19.8. The number of rotatable bonds is 4. The molecule has 1 aliphatic heterocycles. The molecule has 0 aliphatic carbocycles. The topological polar surface area (TPSA) is 52.2 Å². The summed E-state index contributed by atoms with van der Waals surface area (Å²) in [5, 5.41) is 1.08. The van der Waals surface area contributed by atoms with Gasteiger partial charge in [0.15, 0.2) is 0 Å². The monoisotopic (exact) mass is 380 g/mol. The maximum absolute atomic E-state index is 13.9. The van der Waals surface area contributed by atoms with E-state index in [4.69, 9.17) is 0 Å². The number of piperidine rings is 1. The minimum atomic E-state index is -0.318. The summed E-state index contributed by atoms with van der Waals surface area (Å²) in [5.74, 6) is 0.114. The Morgan fingerprint density at radius 1 is 1.32 bits per heavy atom. The van der Waals surface area contributed by atoms with Gasteiger partial charge >= 0.3 is 0 Å². The van der Waals surface area contributed by atoms with Gasteiger partial charge in [0.05, 0.1) is 6.42 Å². The molecule has 1 aromatic carbocycles. The predicted molar refractivity (Wildman–Crippen MR) is 109 cm³/mol. The fourth-order valence-electron chi connectivity index (χ4n) is 4.13. The van der Waals surface area contributed by atoms with E-state index in [9.17, 15) is 9.18 Å². The molecule has 0 radical (unpaired) electrons. The number of anilines is 1. The summed E-state index contributed by atoms with van der Waals surface area (Å²) in [4.78, 5) is 24.5. The summed E-state index contributed by atoms with van der Waals surface area (Å²) in [5.41, 5.74) is 2.42. The van der Waals surface area contributed by atoms with Crippen LogP contribution in [0.25, 0.3) is 11.0 Å². The summed E-state index contributed by atoms with van der Waals surface area (Å²) < 4.78 is 13.9. The molecule has 3 aromatic rings. The lowest BCUT2D eigenvalue weighted by Crippen LogP contribution is -2.53. The van der Waals surface area contributed by atoms with E-state index in [1.54, 1.807) is 24.4 Å². The molecule has 0 bridgehead atoms. The molecule has 1 saturated heterocycles. The molecule has 146 valence electrons. The predicted octanol–water partition coefficient (Wildman–Crippen LogP) is 3.62. The Labute approximate surface area is 164 Å². The van der Waals surface area contributed by atoms with Gasteiger partial charge in [-0.05, 0) is 36.1 Å². The van der Waals surface area contributed by atoms with Gasteiger partial charge in [-0.2, -0.15) is 0 Å². The number of nitrogens with zero attached hydrogens (tertiary/aromatic N) is 3. The Hall–Kier alpha value is -2.89. The van der Waals surface area contributed by atoms with Crippen LogP contribution < -0.4 is 4.90 Å². The van der Waals surface area contributed by atoms with Crippen LogP contribution in [0.1, 0.15) is 18.9 Å². The van der Waals surface area contributed by atoms with Gasteiger partial charge < -0.3 is 14.8 Å². The average molecular weight is 380 g/mol. The second-order valence-electron chi connectivity index (χ2n) is 7.62. The number of benzene rings is 1. The third-order valence-corrected chi connectivity index (χ3v) is 5.89. The number of carbonyl (C=O) groups excluding carboxylic acids is 1. The molecule has 1 N–H and O–H groups in total. The first-order chi connectivity index (χ1) is 13.5. The van der Waals surface area contributed by atoms with Crippen LogP contribution in [0.5, 0.6) is 0 Å². The zero-order valence-electron chi connectivity index (χ0n) is 16.2. The highest BCUT2D eigenvalue weighted by Crippen LogP contribution is 2.30. The van der Waals surface area contributed by atoms with Crippen LogP contribution in [0.15, 0.2) is 48.8 Å². The van der Waals surface area contributed by atoms with Gasteiger partial charge in [-0.15, -0.1) is 0 Å². The number of amides is 1. The van der Waals surface area contributed by atoms with Crippen molar-refractivity contribution in [1.82, 2.24) is 14.9 Å². The Bertz CT molecular complexity index is 985. The molecular formula is C22H25FN4O. The summed E-state index contributed by atoms with van der Waals surface area (Å²) in [6.07, 6.45) is 4.73. The first-order valence-electron chi connectivity index (χ1n) is 9.70. The molecule has 4 rings (SSSR count). The molecule has 28 heavy (non-hydrogen) atoms. The fraction of sp³-hybridized carbons (Fsp3) is 0.364. The van der Waals surface area contributed by atoms with Crippen LogP contribution in [0.4, 0.5) is 10.1 Å². The molecule has 0 saturated carbocycles. The molecule has 1 unspecified atom stereocenters. The summed E-state index contributed by atoms with van der Waals surface area (Å²) in [6.45, 7) is 3.59. The Balaban J connectivity index is 1.52. The van der Waals surface area contributed by atoms with Crippen LogP contribution in [-0.2, 0) is 11.2 Å². The first-order valence-corrected chi connectivity index (χ1v) is 9.70. The van der Waals surface area contributed by atoms with Crippen molar-refractivity contribution >= 4 is 22.6 Å². The standard InChI is InChI=1S/C22H25FN4O/c1-15-9-12-27(21(28)13-16-5-3-4-6-18(16)23)14-20(15)26(2)19-8-11-25-22-17(19)7-10-24-22/h3-8,10-11,15,20H,9,12-14H2,1-2H3,(H,24,25)/t15-,20?/m1/s1. The minimum Gasteiger partial charge on any atom is -0.369 e. The molecule has 2 aromatic heterocycles. The number of fused-ring (bicyclic) bond motifs is 1. The van der Waals surface area contributed by atoms with Crippen molar-refractivity contribution in [3.63, 3.8) is 0 Å². The van der Waals surface area contributed by atoms with Crippen molar-refractivity contribution in [3.8, 4) is 0 Å². The summed E-state index contributed by atoms with van der Waals surface area (Å²) >= 11 is 0. The number of pyridine rings is 1. The van der Waals surface area contributed by atoms with Gasteiger partial charge in [0.2, 0.25) is 5.91 Å². The molecule has 1 fully saturated rings. The highest BCUT2D eigenvalue weighted by Gasteiger charge is 2.32. The van der Waals surface area contributed by atoms with Crippen LogP contribution in [0, 0.1) is 11.7 Å².